The number of carboxylic acid groups (broad SMARTS) is 1. The number of hydrogen-bond donors (Lipinski definition) is 4. The lowest BCUT2D eigenvalue weighted by atomic mass is 10.1. The molecule has 0 unspecified atom stereocenters. The van der Waals surface area contributed by atoms with Gasteiger partial charge in [0.2, 0.25) is 0 Å². The molecule has 0 aliphatic carbocycles. The maximum Gasteiger partial charge on any atom is 0.339 e. The minimum absolute atomic E-state index is 0.223. The van der Waals surface area contributed by atoms with E-state index in [1.807, 2.05) is 0 Å². The largest absolute Gasteiger partial charge is 0.507 e. The van der Waals surface area contributed by atoms with E-state index >= 15 is 0 Å². The lowest BCUT2D eigenvalue weighted by Crippen LogP contribution is -2.13. The number of nitrogens with zero attached hydrogens (tertiary/aromatic N) is 1. The molecule has 1 aromatic carbocycles. The predicted molar refractivity (Wildman–Crippen MR) is 71.1 cm³/mol. The molecule has 0 bridgehead atoms. The Morgan fingerprint density at radius 2 is 2.00 bits per heavy atom. The van der Waals surface area contributed by atoms with Crippen molar-refractivity contribution >= 4 is 17.6 Å². The summed E-state index contributed by atoms with van der Waals surface area (Å²) in [6, 6.07) is 3.82. The van der Waals surface area contributed by atoms with Crippen molar-refractivity contribution < 1.29 is 19.8 Å². The van der Waals surface area contributed by atoms with Crippen molar-refractivity contribution in [1.29, 1.82) is 0 Å². The van der Waals surface area contributed by atoms with Crippen LogP contribution in [-0.2, 0) is 0 Å². The number of aromatic amines is 1. The summed E-state index contributed by atoms with van der Waals surface area (Å²) < 4.78 is 0. The van der Waals surface area contributed by atoms with Gasteiger partial charge in [-0.25, -0.2) is 4.79 Å². The van der Waals surface area contributed by atoms with Crippen molar-refractivity contribution in [3.05, 3.63) is 40.7 Å². The Kier molecular flexibility index (Phi) is 3.43. The normalized spacial score (nSPS) is 10.3. The molecule has 0 saturated carbocycles. The second-order valence-electron chi connectivity index (χ2n) is 4.30. The van der Waals surface area contributed by atoms with E-state index in [0.29, 0.717) is 22.6 Å². The molecule has 0 fully saturated rings. The third kappa shape index (κ3) is 2.46. The molecule has 4 N–H and O–H groups in total. The summed E-state index contributed by atoms with van der Waals surface area (Å²) in [4.78, 5) is 22.8. The molecule has 1 amide bonds. The van der Waals surface area contributed by atoms with Gasteiger partial charge < -0.3 is 15.5 Å². The Morgan fingerprint density at radius 3 is 2.50 bits per heavy atom. The maximum absolute atomic E-state index is 12.1. The molecule has 2 aromatic rings. The monoisotopic (exact) mass is 275 g/mol. The fraction of sp³-hybridized carbons (Fsp3) is 0.154. The third-order valence-electron chi connectivity index (χ3n) is 2.84. The van der Waals surface area contributed by atoms with Gasteiger partial charge in [-0.1, -0.05) is 0 Å². The lowest BCUT2D eigenvalue weighted by molar-refractivity contribution is 0.0693. The third-order valence-corrected chi connectivity index (χ3v) is 2.84. The number of phenols is 1. The number of benzene rings is 1. The predicted octanol–water partition coefficient (Wildman–Crippen LogP) is 1.68. The number of aromatic nitrogens is 2. The Morgan fingerprint density at radius 1 is 1.30 bits per heavy atom. The van der Waals surface area contributed by atoms with Crippen LogP contribution in [0.3, 0.4) is 0 Å². The SMILES string of the molecule is Cc1n[nH]c(C)c1C(=O)Nc1ccc(C(=O)O)c(O)c1. The first-order valence-corrected chi connectivity index (χ1v) is 5.79. The summed E-state index contributed by atoms with van der Waals surface area (Å²) in [5.74, 6) is -2.02. The van der Waals surface area contributed by atoms with E-state index in [4.69, 9.17) is 5.11 Å². The average Bonchev–Trinajstić information content (AvgIpc) is 2.68. The molecule has 2 rings (SSSR count). The zero-order valence-corrected chi connectivity index (χ0v) is 10.9. The first-order valence-electron chi connectivity index (χ1n) is 5.79. The van der Waals surface area contributed by atoms with Crippen molar-refractivity contribution in [1.82, 2.24) is 10.2 Å². The second kappa shape index (κ2) is 5.04. The number of carboxylic acids is 1. The fourth-order valence-electron chi connectivity index (χ4n) is 1.87. The van der Waals surface area contributed by atoms with Crippen LogP contribution in [-0.4, -0.2) is 32.3 Å². The number of anilines is 1. The highest BCUT2D eigenvalue weighted by Gasteiger charge is 2.16. The molecular weight excluding hydrogens is 262 g/mol. The number of hydrogen-bond acceptors (Lipinski definition) is 4. The van der Waals surface area contributed by atoms with Gasteiger partial charge in [-0.15, -0.1) is 0 Å². The molecule has 1 aromatic heterocycles. The van der Waals surface area contributed by atoms with E-state index in [1.54, 1.807) is 13.8 Å². The number of H-pyrrole nitrogens is 1. The van der Waals surface area contributed by atoms with Crippen LogP contribution in [0, 0.1) is 13.8 Å². The van der Waals surface area contributed by atoms with Crippen molar-refractivity contribution in [3.63, 3.8) is 0 Å². The second-order valence-corrected chi connectivity index (χ2v) is 4.30. The van der Waals surface area contributed by atoms with E-state index in [0.717, 1.165) is 0 Å². The van der Waals surface area contributed by atoms with E-state index in [9.17, 15) is 14.7 Å². The highest BCUT2D eigenvalue weighted by atomic mass is 16.4. The van der Waals surface area contributed by atoms with Crippen LogP contribution in [0.25, 0.3) is 0 Å². The maximum atomic E-state index is 12.1. The van der Waals surface area contributed by atoms with Crippen molar-refractivity contribution in [2.45, 2.75) is 13.8 Å². The van der Waals surface area contributed by atoms with Gasteiger partial charge in [0.15, 0.2) is 0 Å². The van der Waals surface area contributed by atoms with Gasteiger partial charge in [-0.05, 0) is 26.0 Å². The van der Waals surface area contributed by atoms with Gasteiger partial charge in [0.25, 0.3) is 5.91 Å². The zero-order chi connectivity index (χ0) is 14.9. The van der Waals surface area contributed by atoms with Crippen LogP contribution in [0.5, 0.6) is 5.75 Å². The standard InChI is InChI=1S/C13H13N3O4/c1-6-11(7(2)16-15-6)12(18)14-8-3-4-9(13(19)20)10(17)5-8/h3-5,17H,1-2H3,(H,14,18)(H,15,16)(H,19,20). The number of carbonyl (C=O) groups is 2. The molecule has 0 saturated heterocycles. The first kappa shape index (κ1) is 13.6. The Labute approximate surface area is 114 Å². The minimum Gasteiger partial charge on any atom is -0.507 e. The summed E-state index contributed by atoms with van der Waals surface area (Å²) in [5, 5.41) is 27.6. The number of carbonyl (C=O) groups excluding carboxylic acids is 1. The lowest BCUT2D eigenvalue weighted by Gasteiger charge is -2.07. The van der Waals surface area contributed by atoms with Gasteiger partial charge in [0.1, 0.15) is 11.3 Å². The number of aromatic carboxylic acids is 1. The van der Waals surface area contributed by atoms with Gasteiger partial charge in [0.05, 0.1) is 11.3 Å². The molecule has 0 radical (unpaired) electrons. The smallest absolute Gasteiger partial charge is 0.339 e. The fourth-order valence-corrected chi connectivity index (χ4v) is 1.87. The molecule has 0 spiro atoms. The highest BCUT2D eigenvalue weighted by Crippen LogP contribution is 2.23. The van der Waals surface area contributed by atoms with E-state index in [1.165, 1.54) is 18.2 Å². The molecule has 104 valence electrons. The molecular formula is C13H13N3O4. The number of nitrogens with one attached hydrogen (secondary N) is 2. The van der Waals surface area contributed by atoms with Crippen molar-refractivity contribution in [2.24, 2.45) is 0 Å². The molecule has 20 heavy (non-hydrogen) atoms. The summed E-state index contributed by atoms with van der Waals surface area (Å²) in [6.07, 6.45) is 0. The van der Waals surface area contributed by atoms with Crippen LogP contribution in [0.2, 0.25) is 0 Å². The topological polar surface area (TPSA) is 115 Å². The molecule has 1 heterocycles. The molecule has 0 atom stereocenters. The van der Waals surface area contributed by atoms with E-state index < -0.39 is 11.7 Å². The van der Waals surface area contributed by atoms with Gasteiger partial charge in [-0.3, -0.25) is 9.89 Å². The number of rotatable bonds is 3. The van der Waals surface area contributed by atoms with Crippen molar-refractivity contribution in [2.75, 3.05) is 5.32 Å². The van der Waals surface area contributed by atoms with Crippen LogP contribution < -0.4 is 5.32 Å². The summed E-state index contributed by atoms with van der Waals surface area (Å²) >= 11 is 0. The summed E-state index contributed by atoms with van der Waals surface area (Å²) in [5.41, 5.74) is 1.70. The highest BCUT2D eigenvalue weighted by molar-refractivity contribution is 6.06. The first-order chi connectivity index (χ1) is 9.40. The van der Waals surface area contributed by atoms with Crippen LogP contribution in [0.1, 0.15) is 32.1 Å². The Balaban J connectivity index is 2.25. The molecule has 7 nitrogen and oxygen atoms in total. The van der Waals surface area contributed by atoms with Crippen LogP contribution in [0.4, 0.5) is 5.69 Å². The number of amides is 1. The van der Waals surface area contributed by atoms with Crippen LogP contribution in [0.15, 0.2) is 18.2 Å². The molecule has 0 aliphatic heterocycles. The number of aryl methyl sites for hydroxylation is 2. The quantitative estimate of drug-likeness (QED) is 0.680. The van der Waals surface area contributed by atoms with Gasteiger partial charge in [0, 0.05) is 17.4 Å². The minimum atomic E-state index is -1.23. The Bertz CT molecular complexity index is 671. The van der Waals surface area contributed by atoms with Crippen LogP contribution >= 0.6 is 0 Å². The zero-order valence-electron chi connectivity index (χ0n) is 10.9. The average molecular weight is 275 g/mol. The Hall–Kier alpha value is -2.83. The molecule has 0 aliphatic rings. The van der Waals surface area contributed by atoms with Gasteiger partial charge >= 0.3 is 5.97 Å². The van der Waals surface area contributed by atoms with Gasteiger partial charge in [-0.2, -0.15) is 5.10 Å². The number of aromatic hydroxyl groups is 1. The molecule has 7 heteroatoms. The summed E-state index contributed by atoms with van der Waals surface area (Å²) in [6.45, 7) is 3.42. The van der Waals surface area contributed by atoms with E-state index in [-0.39, 0.29) is 11.5 Å². The summed E-state index contributed by atoms with van der Waals surface area (Å²) in [7, 11) is 0. The van der Waals surface area contributed by atoms with E-state index in [2.05, 4.69) is 15.5 Å². The van der Waals surface area contributed by atoms with Crippen molar-refractivity contribution in [3.8, 4) is 5.75 Å².